The van der Waals surface area contributed by atoms with Crippen molar-refractivity contribution in [2.75, 3.05) is 0 Å². The molecule has 1 nitrogen and oxygen atoms in total. The summed E-state index contributed by atoms with van der Waals surface area (Å²) in [5.41, 5.74) is 0. The van der Waals surface area contributed by atoms with Gasteiger partial charge in [-0.2, -0.15) is 36.4 Å². The number of carbonyl (C=O) groups excluding carboxylic acids is 1. The molecule has 1 heterocycles. The zero-order chi connectivity index (χ0) is 14.7. The molecule has 0 unspecified atom stereocenters. The minimum absolute atomic E-state index is 0. The first-order valence-corrected chi connectivity index (χ1v) is 6.40. The summed E-state index contributed by atoms with van der Waals surface area (Å²) in [6.45, 7) is 3.25. The van der Waals surface area contributed by atoms with Gasteiger partial charge in [0.05, 0.1) is 0 Å². The molecule has 1 aliphatic heterocycles. The Hall–Kier alpha value is -0.566. The van der Waals surface area contributed by atoms with Crippen LogP contribution in [0.1, 0.15) is 0 Å². The van der Waals surface area contributed by atoms with E-state index in [0.717, 1.165) is 0 Å². The van der Waals surface area contributed by atoms with Crippen molar-refractivity contribution in [2.45, 2.75) is 0 Å². The molecular weight excluding hydrogens is 417 g/mol. The molecule has 0 saturated carbocycles. The second kappa shape index (κ2) is 29.4. The fourth-order valence-corrected chi connectivity index (χ4v) is 0.822. The van der Waals surface area contributed by atoms with Crippen molar-refractivity contribution in [3.8, 4) is 0 Å². The Labute approximate surface area is 173 Å². The maximum absolute atomic E-state index is 7.75. The minimum atomic E-state index is 0. The Kier molecular flexibility index (Phi) is 38.8. The van der Waals surface area contributed by atoms with Crippen LogP contribution in [0.25, 0.3) is 0 Å². The third kappa shape index (κ3) is 34.0. The van der Waals surface area contributed by atoms with E-state index in [2.05, 4.69) is 31.1 Å². The molecule has 7 heteroatoms. The smallest absolute Gasteiger partial charge is 0.0379 e. The molecule has 0 N–H and O–H groups in total. The van der Waals surface area contributed by atoms with E-state index in [1.807, 2.05) is 60.7 Å². The van der Waals surface area contributed by atoms with Crippen LogP contribution >= 0.6 is 0 Å². The van der Waals surface area contributed by atoms with Gasteiger partial charge in [0.15, 0.2) is 0 Å². The van der Waals surface area contributed by atoms with E-state index in [4.69, 9.17) is 4.79 Å². The molecule has 0 spiro atoms. The van der Waals surface area contributed by atoms with Crippen LogP contribution in [-0.2, 0) is 55.1 Å². The topological polar surface area (TPSA) is 17.1 Å². The van der Waals surface area contributed by atoms with Gasteiger partial charge in [-0.05, 0) is 0 Å². The first-order chi connectivity index (χ1) is 10.0. The molecule has 0 aliphatic carbocycles. The van der Waals surface area contributed by atoms with Crippen LogP contribution in [0.15, 0.2) is 66.7 Å². The molecule has 0 bridgehead atoms. The van der Waals surface area contributed by atoms with Gasteiger partial charge < -0.3 is 35.1 Å². The SMILES string of the molecule is B1BB1.[CH-]=O.[Co].[Co].[Co].[c-]1[c-][c-][cH-][c-]1.c1cc[cH-]c1.c1cc[cH-]c1. The first kappa shape index (κ1) is 30.3. The first-order valence-electron chi connectivity index (χ1n) is 6.40. The second-order valence-corrected chi connectivity index (χ2v) is 3.67. The molecule has 23 heavy (non-hydrogen) atoms. The Balaban J connectivity index is -0.0000000979. The van der Waals surface area contributed by atoms with Gasteiger partial charge in [0.25, 0.3) is 0 Å². The maximum atomic E-state index is 7.75. The Morgan fingerprint density at radius 1 is 0.652 bits per heavy atom. The molecule has 1 aliphatic rings. The van der Waals surface area contributed by atoms with Crippen molar-refractivity contribution in [3.05, 3.63) is 91.0 Å². The van der Waals surface area contributed by atoms with Gasteiger partial charge in [0, 0.05) is 71.5 Å². The number of rotatable bonds is 0. The molecule has 0 aromatic heterocycles. The van der Waals surface area contributed by atoms with Crippen molar-refractivity contribution < 1.29 is 55.1 Å². The minimum Gasteiger partial charge on any atom is -0.999 e. The van der Waals surface area contributed by atoms with Gasteiger partial charge in [0.2, 0.25) is 0 Å². The second-order valence-electron chi connectivity index (χ2n) is 3.67. The van der Waals surface area contributed by atoms with Crippen molar-refractivity contribution in [3.63, 3.8) is 0 Å². The molecule has 3 aromatic rings. The number of hydrogen-bond donors (Lipinski definition) is 0. The van der Waals surface area contributed by atoms with E-state index in [-0.39, 0.29) is 50.3 Å². The zero-order valence-corrected chi connectivity index (χ0v) is 15.6. The summed E-state index contributed by atoms with van der Waals surface area (Å²) < 4.78 is 0. The van der Waals surface area contributed by atoms with Crippen molar-refractivity contribution in [1.82, 2.24) is 0 Å². The quantitative estimate of drug-likeness (QED) is 0.296. The van der Waals surface area contributed by atoms with Crippen LogP contribution in [-0.4, -0.2) is 28.0 Å². The average Bonchev–Trinajstić information content (AvgIpc) is 3.12. The average molecular weight is 433 g/mol. The normalized spacial score (nSPS) is 7.48. The molecular formula is C16H15B3Co3O-8. The van der Waals surface area contributed by atoms with Crippen LogP contribution in [0.3, 0.4) is 0 Å². The summed E-state index contributed by atoms with van der Waals surface area (Å²) in [6.07, 6.45) is 0. The van der Waals surface area contributed by atoms with Crippen LogP contribution in [0.4, 0.5) is 0 Å². The largest absolute Gasteiger partial charge is 0.999 e. The van der Waals surface area contributed by atoms with E-state index in [1.54, 1.807) is 6.07 Å². The number of hydrogen-bond acceptors (Lipinski definition) is 1. The van der Waals surface area contributed by atoms with E-state index in [9.17, 15) is 0 Å². The van der Waals surface area contributed by atoms with E-state index >= 15 is 0 Å². The predicted molar refractivity (Wildman–Crippen MR) is 89.6 cm³/mol. The van der Waals surface area contributed by atoms with Gasteiger partial charge in [0.1, 0.15) is 0 Å². The third-order valence-corrected chi connectivity index (χ3v) is 1.82. The van der Waals surface area contributed by atoms with Gasteiger partial charge in [-0.15, -0.1) is 0 Å². The molecule has 0 amide bonds. The van der Waals surface area contributed by atoms with Gasteiger partial charge in [-0.1, -0.05) is 0 Å². The zero-order valence-electron chi connectivity index (χ0n) is 12.5. The maximum Gasteiger partial charge on any atom is 0.0379 e. The summed E-state index contributed by atoms with van der Waals surface area (Å²) in [4.78, 5) is 7.75. The Morgan fingerprint density at radius 3 is 1.04 bits per heavy atom. The van der Waals surface area contributed by atoms with Gasteiger partial charge in [-0.3, -0.25) is 6.79 Å². The van der Waals surface area contributed by atoms with Gasteiger partial charge in [-0.25, -0.2) is 24.3 Å². The van der Waals surface area contributed by atoms with Crippen molar-refractivity contribution >= 4 is 28.0 Å². The predicted octanol–water partition coefficient (Wildman–Crippen LogP) is 1.19. The summed E-state index contributed by atoms with van der Waals surface area (Å²) >= 11 is 0. The Morgan fingerprint density at radius 2 is 0.957 bits per heavy atom. The van der Waals surface area contributed by atoms with Gasteiger partial charge >= 0.3 is 0 Å². The molecule has 1 saturated heterocycles. The van der Waals surface area contributed by atoms with E-state index in [1.165, 1.54) is 21.2 Å². The van der Waals surface area contributed by atoms with Crippen LogP contribution in [0.5, 0.6) is 0 Å². The molecule has 3 radical (unpaired) electrons. The summed E-state index contributed by atoms with van der Waals surface area (Å²) in [5, 5.41) is 0. The molecule has 4 rings (SSSR count). The van der Waals surface area contributed by atoms with E-state index < -0.39 is 0 Å². The Bertz CT molecular complexity index is 312. The fraction of sp³-hybridized carbons (Fsp3) is 0. The molecule has 0 atom stereocenters. The summed E-state index contributed by atoms with van der Waals surface area (Å²) in [5.74, 6) is 0. The monoisotopic (exact) mass is 433 g/mol. The van der Waals surface area contributed by atoms with Crippen LogP contribution in [0, 0.1) is 24.3 Å². The molecule has 1 fully saturated rings. The van der Waals surface area contributed by atoms with Crippen molar-refractivity contribution in [1.29, 1.82) is 0 Å². The fourth-order valence-electron chi connectivity index (χ4n) is 0.822. The van der Waals surface area contributed by atoms with E-state index in [0.29, 0.717) is 0 Å². The van der Waals surface area contributed by atoms with Crippen molar-refractivity contribution in [2.24, 2.45) is 0 Å². The summed E-state index contributed by atoms with van der Waals surface area (Å²) in [6, 6.07) is 32.0. The standard InChI is InChI=1S/2C5H5.C5H.CHO.B3H3.3Co/c3*1-2-4-5-3-1;1-2;1-2-3-1;;;/h2*1-5H;1H;1H;1-3H;;;/q2*-1;-5;-1;;;;. The third-order valence-electron chi connectivity index (χ3n) is 1.82. The molecule has 129 valence electrons. The van der Waals surface area contributed by atoms with Crippen LogP contribution < -0.4 is 0 Å². The summed E-state index contributed by atoms with van der Waals surface area (Å²) in [7, 11) is 4.50. The molecule has 3 aromatic carbocycles. The van der Waals surface area contributed by atoms with Crippen LogP contribution in [0.2, 0.25) is 0 Å².